The highest BCUT2D eigenvalue weighted by Crippen LogP contribution is 2.11. The average molecular weight is 284 g/mol. The second kappa shape index (κ2) is 7.33. The van der Waals surface area contributed by atoms with Crippen LogP contribution in [0.2, 0.25) is 0 Å². The maximum absolute atomic E-state index is 11.8. The lowest BCUT2D eigenvalue weighted by Gasteiger charge is -2.19. The summed E-state index contributed by atoms with van der Waals surface area (Å²) in [5.41, 5.74) is 2.02. The van der Waals surface area contributed by atoms with Crippen LogP contribution in [0.4, 0.5) is 5.69 Å². The van der Waals surface area contributed by atoms with Gasteiger partial charge in [-0.25, -0.2) is 0 Å². The maximum Gasteiger partial charge on any atom is 0.224 e. The molecular formula is C17H20N2O2. The highest BCUT2D eigenvalue weighted by Gasteiger charge is 2.04. The van der Waals surface area contributed by atoms with E-state index in [1.807, 2.05) is 37.4 Å². The Hall–Kier alpha value is -2.49. The molecule has 4 heteroatoms. The largest absolute Gasteiger partial charge is 0.508 e. The molecule has 2 aromatic rings. The molecule has 0 heterocycles. The van der Waals surface area contributed by atoms with Crippen LogP contribution in [0.1, 0.15) is 5.56 Å². The molecule has 2 rings (SSSR count). The Morgan fingerprint density at radius 2 is 1.76 bits per heavy atom. The Kier molecular flexibility index (Phi) is 5.21. The summed E-state index contributed by atoms with van der Waals surface area (Å²) < 4.78 is 0. The van der Waals surface area contributed by atoms with Gasteiger partial charge in [-0.2, -0.15) is 0 Å². The van der Waals surface area contributed by atoms with Crippen molar-refractivity contribution in [3.05, 3.63) is 60.2 Å². The fraction of sp³-hybridized carbons (Fsp3) is 0.235. The third-order valence-electron chi connectivity index (χ3n) is 3.27. The topological polar surface area (TPSA) is 52.6 Å². The predicted molar refractivity (Wildman–Crippen MR) is 84.5 cm³/mol. The van der Waals surface area contributed by atoms with E-state index in [2.05, 4.69) is 10.2 Å². The van der Waals surface area contributed by atoms with Gasteiger partial charge in [-0.1, -0.05) is 30.3 Å². The minimum Gasteiger partial charge on any atom is -0.508 e. The number of anilines is 1. The van der Waals surface area contributed by atoms with Crippen molar-refractivity contribution < 1.29 is 9.90 Å². The first kappa shape index (κ1) is 14.9. The fourth-order valence-electron chi connectivity index (χ4n) is 2.04. The first-order chi connectivity index (χ1) is 10.1. The number of hydrogen-bond acceptors (Lipinski definition) is 3. The Morgan fingerprint density at radius 3 is 2.43 bits per heavy atom. The second-order valence-corrected chi connectivity index (χ2v) is 4.95. The van der Waals surface area contributed by atoms with Crippen LogP contribution in [-0.2, 0) is 11.2 Å². The molecular weight excluding hydrogens is 264 g/mol. The van der Waals surface area contributed by atoms with Crippen molar-refractivity contribution in [2.75, 3.05) is 25.0 Å². The van der Waals surface area contributed by atoms with Crippen molar-refractivity contribution in [2.45, 2.75) is 6.42 Å². The minimum absolute atomic E-state index is 0.0119. The van der Waals surface area contributed by atoms with Gasteiger partial charge in [0.15, 0.2) is 0 Å². The molecule has 0 atom stereocenters. The van der Waals surface area contributed by atoms with E-state index in [-0.39, 0.29) is 11.7 Å². The van der Waals surface area contributed by atoms with Crippen molar-refractivity contribution in [2.24, 2.45) is 0 Å². The van der Waals surface area contributed by atoms with Gasteiger partial charge in [0, 0.05) is 25.8 Å². The summed E-state index contributed by atoms with van der Waals surface area (Å²) >= 11 is 0. The smallest absolute Gasteiger partial charge is 0.224 e. The van der Waals surface area contributed by atoms with Gasteiger partial charge in [0.05, 0.1) is 6.42 Å². The summed E-state index contributed by atoms with van der Waals surface area (Å²) in [7, 11) is 2.00. The first-order valence-electron chi connectivity index (χ1n) is 6.96. The number of phenols is 1. The fourth-order valence-corrected chi connectivity index (χ4v) is 2.04. The van der Waals surface area contributed by atoms with E-state index in [4.69, 9.17) is 0 Å². The standard InChI is InChI=1S/C17H20N2O2/c1-19(15-5-3-2-4-6-15)12-11-18-17(21)13-14-7-9-16(20)10-8-14/h2-10,20H,11-13H2,1H3,(H,18,21). The van der Waals surface area contributed by atoms with Crippen LogP contribution in [0.25, 0.3) is 0 Å². The van der Waals surface area contributed by atoms with Gasteiger partial charge >= 0.3 is 0 Å². The van der Waals surface area contributed by atoms with E-state index in [1.54, 1.807) is 24.3 Å². The van der Waals surface area contributed by atoms with E-state index in [0.29, 0.717) is 13.0 Å². The number of hydrogen-bond donors (Lipinski definition) is 2. The monoisotopic (exact) mass is 284 g/mol. The maximum atomic E-state index is 11.8. The third kappa shape index (κ3) is 4.84. The van der Waals surface area contributed by atoms with Crippen LogP contribution in [0, 0.1) is 0 Å². The van der Waals surface area contributed by atoms with Crippen LogP contribution in [-0.4, -0.2) is 31.2 Å². The molecule has 0 unspecified atom stereocenters. The SMILES string of the molecule is CN(CCNC(=O)Cc1ccc(O)cc1)c1ccccc1. The predicted octanol–water partition coefficient (Wildman–Crippen LogP) is 2.19. The van der Waals surface area contributed by atoms with Crippen LogP contribution in [0.5, 0.6) is 5.75 Å². The number of amides is 1. The van der Waals surface area contributed by atoms with Crippen molar-refractivity contribution in [1.29, 1.82) is 0 Å². The summed E-state index contributed by atoms with van der Waals surface area (Å²) in [6.07, 6.45) is 0.329. The van der Waals surface area contributed by atoms with Crippen LogP contribution in [0.3, 0.4) is 0 Å². The molecule has 0 spiro atoms. The molecule has 2 aromatic carbocycles. The third-order valence-corrected chi connectivity index (χ3v) is 3.27. The number of phenolic OH excluding ortho intramolecular Hbond substituents is 1. The van der Waals surface area contributed by atoms with E-state index in [0.717, 1.165) is 17.8 Å². The first-order valence-corrected chi connectivity index (χ1v) is 6.96. The molecule has 1 amide bonds. The molecule has 0 fully saturated rings. The van der Waals surface area contributed by atoms with Gasteiger partial charge in [0.1, 0.15) is 5.75 Å². The van der Waals surface area contributed by atoms with E-state index in [1.165, 1.54) is 0 Å². The highest BCUT2D eigenvalue weighted by molar-refractivity contribution is 5.78. The number of benzene rings is 2. The molecule has 0 radical (unpaired) electrons. The van der Waals surface area contributed by atoms with Gasteiger partial charge < -0.3 is 15.3 Å². The van der Waals surface area contributed by atoms with Crippen LogP contribution >= 0.6 is 0 Å². The summed E-state index contributed by atoms with van der Waals surface area (Å²) in [4.78, 5) is 13.9. The molecule has 0 aliphatic rings. The number of carbonyl (C=O) groups is 1. The van der Waals surface area contributed by atoms with E-state index in [9.17, 15) is 9.90 Å². The zero-order valence-electron chi connectivity index (χ0n) is 12.1. The van der Waals surface area contributed by atoms with E-state index < -0.39 is 0 Å². The molecule has 0 saturated carbocycles. The molecule has 2 N–H and O–H groups in total. The zero-order chi connectivity index (χ0) is 15.1. The number of carbonyl (C=O) groups excluding carboxylic acids is 1. The Bertz CT molecular complexity index is 567. The normalized spacial score (nSPS) is 10.1. The number of aromatic hydroxyl groups is 1. The molecule has 21 heavy (non-hydrogen) atoms. The second-order valence-electron chi connectivity index (χ2n) is 4.95. The summed E-state index contributed by atoms with van der Waals surface area (Å²) in [6, 6.07) is 16.7. The van der Waals surface area contributed by atoms with Crippen LogP contribution < -0.4 is 10.2 Å². The number of likely N-dealkylation sites (N-methyl/N-ethyl adjacent to an activating group) is 1. The minimum atomic E-state index is -0.0119. The lowest BCUT2D eigenvalue weighted by Crippen LogP contribution is -2.33. The Morgan fingerprint density at radius 1 is 1.10 bits per heavy atom. The molecule has 0 saturated heterocycles. The number of rotatable bonds is 6. The Balaban J connectivity index is 1.73. The molecule has 0 aliphatic heterocycles. The van der Waals surface area contributed by atoms with E-state index >= 15 is 0 Å². The van der Waals surface area contributed by atoms with Gasteiger partial charge in [-0.3, -0.25) is 4.79 Å². The Labute approximate surface area is 125 Å². The quantitative estimate of drug-likeness (QED) is 0.855. The summed E-state index contributed by atoms with van der Waals surface area (Å²) in [5.74, 6) is 0.200. The molecule has 0 aliphatic carbocycles. The van der Waals surface area contributed by atoms with Crippen molar-refractivity contribution >= 4 is 11.6 Å². The highest BCUT2D eigenvalue weighted by atomic mass is 16.3. The van der Waals surface area contributed by atoms with Gasteiger partial charge in [-0.15, -0.1) is 0 Å². The average Bonchev–Trinajstić information content (AvgIpc) is 2.50. The number of para-hydroxylation sites is 1. The molecule has 110 valence electrons. The number of nitrogens with zero attached hydrogens (tertiary/aromatic N) is 1. The molecule has 0 bridgehead atoms. The number of nitrogens with one attached hydrogen (secondary N) is 1. The molecule has 0 aromatic heterocycles. The zero-order valence-corrected chi connectivity index (χ0v) is 12.1. The van der Waals surface area contributed by atoms with Gasteiger partial charge in [0.2, 0.25) is 5.91 Å². The molecule has 4 nitrogen and oxygen atoms in total. The van der Waals surface area contributed by atoms with Crippen molar-refractivity contribution in [3.8, 4) is 5.75 Å². The lowest BCUT2D eigenvalue weighted by molar-refractivity contribution is -0.120. The van der Waals surface area contributed by atoms with Crippen molar-refractivity contribution in [3.63, 3.8) is 0 Å². The lowest BCUT2D eigenvalue weighted by atomic mass is 10.1. The summed E-state index contributed by atoms with van der Waals surface area (Å²) in [5, 5.41) is 12.1. The summed E-state index contributed by atoms with van der Waals surface area (Å²) in [6.45, 7) is 1.35. The van der Waals surface area contributed by atoms with Gasteiger partial charge in [-0.05, 0) is 29.8 Å². The van der Waals surface area contributed by atoms with Gasteiger partial charge in [0.25, 0.3) is 0 Å². The van der Waals surface area contributed by atoms with Crippen molar-refractivity contribution in [1.82, 2.24) is 5.32 Å². The van der Waals surface area contributed by atoms with Crippen LogP contribution in [0.15, 0.2) is 54.6 Å².